The molecule has 2 aromatic carbocycles. The van der Waals surface area contributed by atoms with Crippen molar-refractivity contribution in [3.05, 3.63) is 78.0 Å². The Morgan fingerprint density at radius 2 is 1.97 bits per heavy atom. The zero-order chi connectivity index (χ0) is 20.9. The third kappa shape index (κ3) is 4.57. The summed E-state index contributed by atoms with van der Waals surface area (Å²) in [6, 6.07) is 18.3. The maximum atomic E-state index is 12.8. The summed E-state index contributed by atoms with van der Waals surface area (Å²) in [6.07, 6.45) is 1.99. The number of nitrogens with one attached hydrogen (secondary N) is 3. The summed E-state index contributed by atoms with van der Waals surface area (Å²) < 4.78 is 5.81. The lowest BCUT2D eigenvalue weighted by atomic mass is 10.1. The van der Waals surface area contributed by atoms with Gasteiger partial charge in [-0.05, 0) is 42.8 Å². The SMILES string of the molecule is CC1CC(=O)Nc2ccc(C(=O)Nc3cccnc3OCc3ccccc3)cc2N1. The van der Waals surface area contributed by atoms with Gasteiger partial charge in [-0.2, -0.15) is 0 Å². The number of hydrogen-bond donors (Lipinski definition) is 3. The molecule has 0 radical (unpaired) electrons. The van der Waals surface area contributed by atoms with Crippen LogP contribution < -0.4 is 20.7 Å². The van der Waals surface area contributed by atoms with E-state index in [9.17, 15) is 9.59 Å². The van der Waals surface area contributed by atoms with Gasteiger partial charge in [-0.3, -0.25) is 9.59 Å². The van der Waals surface area contributed by atoms with Crippen LogP contribution in [-0.4, -0.2) is 22.8 Å². The molecule has 0 bridgehead atoms. The number of ether oxygens (including phenoxy) is 1. The van der Waals surface area contributed by atoms with Crippen molar-refractivity contribution >= 4 is 28.9 Å². The number of carbonyl (C=O) groups is 2. The number of fused-ring (bicyclic) bond motifs is 1. The van der Waals surface area contributed by atoms with Gasteiger partial charge in [-0.25, -0.2) is 4.98 Å². The van der Waals surface area contributed by atoms with Crippen molar-refractivity contribution in [2.75, 3.05) is 16.0 Å². The van der Waals surface area contributed by atoms with Crippen LogP contribution >= 0.6 is 0 Å². The van der Waals surface area contributed by atoms with E-state index < -0.39 is 0 Å². The zero-order valence-corrected chi connectivity index (χ0v) is 16.5. The average molecular weight is 402 g/mol. The summed E-state index contributed by atoms with van der Waals surface area (Å²) in [6.45, 7) is 2.27. The average Bonchev–Trinajstić information content (AvgIpc) is 2.89. The Morgan fingerprint density at radius 3 is 2.80 bits per heavy atom. The second kappa shape index (κ2) is 8.65. The number of nitrogens with zero attached hydrogens (tertiary/aromatic N) is 1. The van der Waals surface area contributed by atoms with Gasteiger partial charge in [0.2, 0.25) is 11.8 Å². The molecule has 2 amide bonds. The molecular formula is C23H22N4O3. The van der Waals surface area contributed by atoms with Crippen LogP contribution in [0.3, 0.4) is 0 Å². The van der Waals surface area contributed by atoms with Gasteiger partial charge < -0.3 is 20.7 Å². The van der Waals surface area contributed by atoms with E-state index in [-0.39, 0.29) is 17.9 Å². The number of carbonyl (C=O) groups excluding carboxylic acids is 2. The van der Waals surface area contributed by atoms with Crippen LogP contribution in [0.5, 0.6) is 5.88 Å². The van der Waals surface area contributed by atoms with Gasteiger partial charge in [-0.15, -0.1) is 0 Å². The zero-order valence-electron chi connectivity index (χ0n) is 16.5. The highest BCUT2D eigenvalue weighted by molar-refractivity contribution is 6.07. The number of aromatic nitrogens is 1. The second-order valence-electron chi connectivity index (χ2n) is 7.14. The standard InChI is InChI=1S/C23H22N4O3/c1-15-12-21(28)26-18-10-9-17(13-20(18)25-15)22(29)27-19-8-5-11-24-23(19)30-14-16-6-3-2-4-7-16/h2-11,13,15,25H,12,14H2,1H3,(H,26,28)(H,27,29). The van der Waals surface area contributed by atoms with Gasteiger partial charge in [-0.1, -0.05) is 30.3 Å². The molecule has 1 aromatic heterocycles. The molecule has 0 saturated carbocycles. The first-order chi connectivity index (χ1) is 14.6. The highest BCUT2D eigenvalue weighted by atomic mass is 16.5. The van der Waals surface area contributed by atoms with Crippen LogP contribution in [0.2, 0.25) is 0 Å². The summed E-state index contributed by atoms with van der Waals surface area (Å²) in [5, 5.41) is 8.97. The molecule has 1 atom stereocenters. The molecule has 30 heavy (non-hydrogen) atoms. The van der Waals surface area contributed by atoms with E-state index in [2.05, 4.69) is 20.9 Å². The topological polar surface area (TPSA) is 92.4 Å². The Labute approximate surface area is 174 Å². The molecule has 1 aliphatic rings. The first-order valence-corrected chi connectivity index (χ1v) is 9.72. The van der Waals surface area contributed by atoms with E-state index >= 15 is 0 Å². The molecule has 0 fully saturated rings. The van der Waals surface area contributed by atoms with Gasteiger partial charge in [0, 0.05) is 24.2 Å². The number of pyridine rings is 1. The van der Waals surface area contributed by atoms with E-state index in [0.717, 1.165) is 5.56 Å². The largest absolute Gasteiger partial charge is 0.471 e. The molecule has 1 unspecified atom stereocenters. The van der Waals surface area contributed by atoms with Gasteiger partial charge in [0.15, 0.2) is 0 Å². The highest BCUT2D eigenvalue weighted by Crippen LogP contribution is 2.28. The number of benzene rings is 2. The molecule has 152 valence electrons. The molecule has 7 nitrogen and oxygen atoms in total. The molecule has 7 heteroatoms. The molecule has 2 heterocycles. The second-order valence-corrected chi connectivity index (χ2v) is 7.14. The monoisotopic (exact) mass is 402 g/mol. The summed E-state index contributed by atoms with van der Waals surface area (Å²) in [4.78, 5) is 29.0. The lowest BCUT2D eigenvalue weighted by molar-refractivity contribution is -0.116. The maximum absolute atomic E-state index is 12.8. The van der Waals surface area contributed by atoms with Gasteiger partial charge >= 0.3 is 0 Å². The van der Waals surface area contributed by atoms with Crippen LogP contribution in [0, 0.1) is 0 Å². The molecule has 0 spiro atoms. The Bertz CT molecular complexity index is 1070. The van der Waals surface area contributed by atoms with E-state index in [1.165, 1.54) is 0 Å². The van der Waals surface area contributed by atoms with Crippen molar-refractivity contribution < 1.29 is 14.3 Å². The van der Waals surface area contributed by atoms with Crippen LogP contribution in [0.1, 0.15) is 29.3 Å². The number of hydrogen-bond acceptors (Lipinski definition) is 5. The quantitative estimate of drug-likeness (QED) is 0.599. The summed E-state index contributed by atoms with van der Waals surface area (Å²) in [5.74, 6) is 0.00498. The van der Waals surface area contributed by atoms with Crippen molar-refractivity contribution in [3.63, 3.8) is 0 Å². The van der Waals surface area contributed by atoms with Crippen LogP contribution in [0.15, 0.2) is 66.9 Å². The molecular weight excluding hydrogens is 380 g/mol. The number of rotatable bonds is 5. The minimum absolute atomic E-state index is 0.0270. The number of amides is 2. The van der Waals surface area contributed by atoms with Crippen LogP contribution in [0.25, 0.3) is 0 Å². The van der Waals surface area contributed by atoms with Gasteiger partial charge in [0.05, 0.1) is 11.4 Å². The molecule has 4 rings (SSSR count). The Kier molecular flexibility index (Phi) is 5.61. The minimum atomic E-state index is -0.291. The fourth-order valence-electron chi connectivity index (χ4n) is 3.23. The molecule has 0 aliphatic carbocycles. The predicted molar refractivity (Wildman–Crippen MR) is 116 cm³/mol. The molecule has 1 aliphatic heterocycles. The third-order valence-corrected chi connectivity index (χ3v) is 4.69. The van der Waals surface area contributed by atoms with Crippen molar-refractivity contribution in [3.8, 4) is 5.88 Å². The Morgan fingerprint density at radius 1 is 1.13 bits per heavy atom. The fraction of sp³-hybridized carbons (Fsp3) is 0.174. The molecule has 3 N–H and O–H groups in total. The highest BCUT2D eigenvalue weighted by Gasteiger charge is 2.19. The smallest absolute Gasteiger partial charge is 0.255 e. The first kappa shape index (κ1) is 19.4. The van der Waals surface area contributed by atoms with Crippen LogP contribution in [0.4, 0.5) is 17.1 Å². The lowest BCUT2D eigenvalue weighted by Crippen LogP contribution is -2.19. The molecule has 0 saturated heterocycles. The van der Waals surface area contributed by atoms with E-state index in [1.807, 2.05) is 37.3 Å². The van der Waals surface area contributed by atoms with Crippen LogP contribution in [-0.2, 0) is 11.4 Å². The summed E-state index contributed by atoms with van der Waals surface area (Å²) in [5.41, 5.74) is 3.33. The number of anilines is 3. The van der Waals surface area contributed by atoms with Crippen molar-refractivity contribution in [2.45, 2.75) is 26.0 Å². The predicted octanol–water partition coefficient (Wildman–Crippen LogP) is 4.06. The van der Waals surface area contributed by atoms with Gasteiger partial charge in [0.25, 0.3) is 5.91 Å². The maximum Gasteiger partial charge on any atom is 0.255 e. The minimum Gasteiger partial charge on any atom is -0.471 e. The van der Waals surface area contributed by atoms with Crippen molar-refractivity contribution in [2.24, 2.45) is 0 Å². The van der Waals surface area contributed by atoms with E-state index in [0.29, 0.717) is 41.5 Å². The molecule has 3 aromatic rings. The summed E-state index contributed by atoms with van der Waals surface area (Å²) >= 11 is 0. The van der Waals surface area contributed by atoms with Crippen molar-refractivity contribution in [1.29, 1.82) is 0 Å². The normalized spacial score (nSPS) is 15.2. The van der Waals surface area contributed by atoms with Crippen molar-refractivity contribution in [1.82, 2.24) is 4.98 Å². The Hall–Kier alpha value is -3.87. The first-order valence-electron chi connectivity index (χ1n) is 9.72. The summed E-state index contributed by atoms with van der Waals surface area (Å²) in [7, 11) is 0. The van der Waals surface area contributed by atoms with Gasteiger partial charge in [0.1, 0.15) is 12.3 Å². The van der Waals surface area contributed by atoms with E-state index in [4.69, 9.17) is 4.74 Å². The fourth-order valence-corrected chi connectivity index (χ4v) is 3.23. The Balaban J connectivity index is 1.50. The lowest BCUT2D eigenvalue weighted by Gasteiger charge is -2.14. The van der Waals surface area contributed by atoms with E-state index in [1.54, 1.807) is 36.5 Å². The third-order valence-electron chi connectivity index (χ3n) is 4.69.